The van der Waals surface area contributed by atoms with Gasteiger partial charge in [-0.2, -0.15) is 0 Å². The van der Waals surface area contributed by atoms with Crippen molar-refractivity contribution in [2.75, 3.05) is 0 Å². The normalized spacial score (nSPS) is 24.1. The lowest BCUT2D eigenvalue weighted by Crippen LogP contribution is -2.45. The summed E-state index contributed by atoms with van der Waals surface area (Å²) in [5.41, 5.74) is 3.75. The van der Waals surface area contributed by atoms with Crippen LogP contribution in [0.25, 0.3) is 0 Å². The van der Waals surface area contributed by atoms with Gasteiger partial charge in [0.25, 0.3) is 0 Å². The van der Waals surface area contributed by atoms with Gasteiger partial charge in [0.05, 0.1) is 0 Å². The quantitative estimate of drug-likeness (QED) is 0.540. The average Bonchev–Trinajstić information content (AvgIpc) is 1.89. The molecule has 1 rings (SSSR count). The first-order valence-corrected chi connectivity index (χ1v) is 3.49. The maximum absolute atomic E-state index is 10.6. The SMILES string of the molecule is NC(=O)C1(O)C[CH]CCC1. The minimum absolute atomic E-state index is 0.419. The third-order valence-electron chi connectivity index (χ3n) is 1.94. The van der Waals surface area contributed by atoms with E-state index in [1.165, 1.54) is 0 Å². The molecule has 0 heterocycles. The molecule has 1 saturated carbocycles. The highest BCUT2D eigenvalue weighted by Gasteiger charge is 2.34. The predicted molar refractivity (Wildman–Crippen MR) is 36.9 cm³/mol. The summed E-state index contributed by atoms with van der Waals surface area (Å²) in [6, 6.07) is 0. The average molecular weight is 142 g/mol. The molecule has 1 unspecified atom stereocenters. The van der Waals surface area contributed by atoms with E-state index in [1.807, 2.05) is 6.42 Å². The smallest absolute Gasteiger partial charge is 0.249 e. The highest BCUT2D eigenvalue weighted by Crippen LogP contribution is 2.26. The van der Waals surface area contributed by atoms with E-state index in [-0.39, 0.29) is 0 Å². The van der Waals surface area contributed by atoms with Gasteiger partial charge >= 0.3 is 0 Å². The summed E-state index contributed by atoms with van der Waals surface area (Å²) < 4.78 is 0. The van der Waals surface area contributed by atoms with Crippen LogP contribution in [0.15, 0.2) is 0 Å². The lowest BCUT2D eigenvalue weighted by Gasteiger charge is -2.27. The summed E-state index contributed by atoms with van der Waals surface area (Å²) in [6.07, 6.45) is 4.68. The number of amides is 1. The van der Waals surface area contributed by atoms with E-state index in [4.69, 9.17) is 5.73 Å². The fraction of sp³-hybridized carbons (Fsp3) is 0.714. The molecular formula is C7H12NO2. The fourth-order valence-corrected chi connectivity index (χ4v) is 1.21. The second-order valence-electron chi connectivity index (χ2n) is 2.78. The van der Waals surface area contributed by atoms with E-state index in [9.17, 15) is 9.90 Å². The van der Waals surface area contributed by atoms with E-state index >= 15 is 0 Å². The summed E-state index contributed by atoms with van der Waals surface area (Å²) in [5.74, 6) is -0.594. The van der Waals surface area contributed by atoms with Gasteiger partial charge in [0.2, 0.25) is 5.91 Å². The molecule has 3 heteroatoms. The fourth-order valence-electron chi connectivity index (χ4n) is 1.21. The minimum Gasteiger partial charge on any atom is -0.380 e. The van der Waals surface area contributed by atoms with Crippen molar-refractivity contribution in [3.05, 3.63) is 6.42 Å². The van der Waals surface area contributed by atoms with Crippen molar-refractivity contribution in [2.24, 2.45) is 5.73 Å². The zero-order valence-electron chi connectivity index (χ0n) is 5.84. The van der Waals surface area contributed by atoms with E-state index < -0.39 is 11.5 Å². The molecule has 3 nitrogen and oxygen atoms in total. The summed E-state index contributed by atoms with van der Waals surface area (Å²) in [5, 5.41) is 9.44. The summed E-state index contributed by atoms with van der Waals surface area (Å²) in [4.78, 5) is 10.6. The number of carbonyl (C=O) groups is 1. The van der Waals surface area contributed by atoms with Crippen LogP contribution in [0.4, 0.5) is 0 Å². The van der Waals surface area contributed by atoms with E-state index in [2.05, 4.69) is 0 Å². The minimum atomic E-state index is -1.24. The van der Waals surface area contributed by atoms with Crippen molar-refractivity contribution in [3.8, 4) is 0 Å². The molecule has 57 valence electrons. The number of hydrogen-bond acceptors (Lipinski definition) is 2. The maximum atomic E-state index is 10.6. The highest BCUT2D eigenvalue weighted by molar-refractivity contribution is 5.83. The Bertz CT molecular complexity index is 139. The molecule has 1 fully saturated rings. The maximum Gasteiger partial charge on any atom is 0.249 e. The van der Waals surface area contributed by atoms with Crippen molar-refractivity contribution >= 4 is 5.91 Å². The molecule has 0 aliphatic heterocycles. The van der Waals surface area contributed by atoms with Gasteiger partial charge in [0.15, 0.2) is 0 Å². The standard InChI is InChI=1S/C7H12NO2/c8-6(9)7(10)4-2-1-3-5-7/h2,10H,1,3-5H2,(H2,8,9). The second kappa shape index (κ2) is 2.58. The lowest BCUT2D eigenvalue weighted by atomic mass is 9.84. The van der Waals surface area contributed by atoms with Crippen LogP contribution in [0.5, 0.6) is 0 Å². The molecule has 1 amide bonds. The van der Waals surface area contributed by atoms with Crippen molar-refractivity contribution in [1.82, 2.24) is 0 Å². The molecule has 0 bridgehead atoms. The zero-order valence-corrected chi connectivity index (χ0v) is 5.84. The van der Waals surface area contributed by atoms with Gasteiger partial charge in [-0.05, 0) is 32.1 Å². The summed E-state index contributed by atoms with van der Waals surface area (Å²) in [6.45, 7) is 0. The van der Waals surface area contributed by atoms with Crippen LogP contribution in [0.1, 0.15) is 25.7 Å². The van der Waals surface area contributed by atoms with E-state index in [1.54, 1.807) is 0 Å². The van der Waals surface area contributed by atoms with Gasteiger partial charge in [-0.3, -0.25) is 4.79 Å². The largest absolute Gasteiger partial charge is 0.380 e. The Kier molecular flexibility index (Phi) is 1.94. The number of primary amides is 1. The second-order valence-corrected chi connectivity index (χ2v) is 2.78. The molecular weight excluding hydrogens is 130 g/mol. The van der Waals surface area contributed by atoms with Gasteiger partial charge in [-0.25, -0.2) is 0 Å². The molecule has 0 aromatic heterocycles. The Morgan fingerprint density at radius 2 is 2.40 bits per heavy atom. The molecule has 1 atom stereocenters. The lowest BCUT2D eigenvalue weighted by molar-refractivity contribution is -0.138. The Hall–Kier alpha value is -0.570. The third-order valence-corrected chi connectivity index (χ3v) is 1.94. The Labute approximate surface area is 60.2 Å². The van der Waals surface area contributed by atoms with Crippen LogP contribution in [0.2, 0.25) is 0 Å². The van der Waals surface area contributed by atoms with Gasteiger partial charge in [-0.15, -0.1) is 0 Å². The monoisotopic (exact) mass is 142 g/mol. The molecule has 1 aliphatic carbocycles. The number of nitrogens with two attached hydrogens (primary N) is 1. The van der Waals surface area contributed by atoms with Crippen LogP contribution in [-0.4, -0.2) is 16.6 Å². The molecule has 1 aliphatic rings. The number of aliphatic hydroxyl groups is 1. The van der Waals surface area contributed by atoms with Crippen LogP contribution in [-0.2, 0) is 4.79 Å². The highest BCUT2D eigenvalue weighted by atomic mass is 16.3. The topological polar surface area (TPSA) is 63.3 Å². The molecule has 0 aromatic carbocycles. The molecule has 1 radical (unpaired) electrons. The molecule has 0 aromatic rings. The Morgan fingerprint density at radius 1 is 1.70 bits per heavy atom. The Morgan fingerprint density at radius 3 is 2.70 bits per heavy atom. The zero-order chi connectivity index (χ0) is 7.61. The number of carbonyl (C=O) groups excluding carboxylic acids is 1. The summed E-state index contributed by atoms with van der Waals surface area (Å²) in [7, 11) is 0. The van der Waals surface area contributed by atoms with Crippen molar-refractivity contribution in [3.63, 3.8) is 0 Å². The molecule has 10 heavy (non-hydrogen) atoms. The van der Waals surface area contributed by atoms with Crippen LogP contribution < -0.4 is 5.73 Å². The van der Waals surface area contributed by atoms with E-state index in [0.717, 1.165) is 12.8 Å². The number of hydrogen-bond donors (Lipinski definition) is 2. The summed E-state index contributed by atoms with van der Waals surface area (Å²) >= 11 is 0. The van der Waals surface area contributed by atoms with Crippen molar-refractivity contribution < 1.29 is 9.90 Å². The Balaban J connectivity index is 2.56. The van der Waals surface area contributed by atoms with Crippen molar-refractivity contribution in [1.29, 1.82) is 0 Å². The van der Waals surface area contributed by atoms with Gasteiger partial charge < -0.3 is 10.8 Å². The predicted octanol–water partition coefficient (Wildman–Crippen LogP) is -0.0189. The first kappa shape index (κ1) is 7.54. The van der Waals surface area contributed by atoms with Gasteiger partial charge in [0, 0.05) is 0 Å². The van der Waals surface area contributed by atoms with Crippen LogP contribution in [0.3, 0.4) is 0 Å². The van der Waals surface area contributed by atoms with Gasteiger partial charge in [0.1, 0.15) is 5.60 Å². The molecule has 3 N–H and O–H groups in total. The van der Waals surface area contributed by atoms with E-state index in [0.29, 0.717) is 12.8 Å². The van der Waals surface area contributed by atoms with Crippen LogP contribution in [0, 0.1) is 6.42 Å². The first-order chi connectivity index (χ1) is 4.65. The van der Waals surface area contributed by atoms with Crippen LogP contribution >= 0.6 is 0 Å². The van der Waals surface area contributed by atoms with Gasteiger partial charge in [-0.1, -0.05) is 0 Å². The third kappa shape index (κ3) is 1.29. The number of rotatable bonds is 1. The first-order valence-electron chi connectivity index (χ1n) is 3.49. The van der Waals surface area contributed by atoms with Crippen molar-refractivity contribution in [2.45, 2.75) is 31.3 Å². The molecule has 0 spiro atoms. The molecule has 0 saturated heterocycles.